The third kappa shape index (κ3) is 4.19. The van der Waals surface area contributed by atoms with Crippen LogP contribution in [0.1, 0.15) is 47.2 Å². The molecule has 0 N–H and O–H groups in total. The topological polar surface area (TPSA) is 91.4 Å². The van der Waals surface area contributed by atoms with Crippen molar-refractivity contribution in [3.05, 3.63) is 93.7 Å². The van der Waals surface area contributed by atoms with Crippen LogP contribution in [0.3, 0.4) is 0 Å². The van der Waals surface area contributed by atoms with Gasteiger partial charge in [-0.25, -0.2) is 19.4 Å². The fourth-order valence-electron chi connectivity index (χ4n) is 4.09. The van der Waals surface area contributed by atoms with Gasteiger partial charge in [-0.15, -0.1) is 0 Å². The number of hydrogen-bond donors (Lipinski definition) is 0. The maximum Gasteiger partial charge on any atom is 0.339 e. The molecule has 0 saturated heterocycles. The summed E-state index contributed by atoms with van der Waals surface area (Å²) < 4.78 is 8.93. The standard InChI is InChI=1S/C27H25N5O3/c1-16(2)32-26-22(14-28-32)21(13-23(30-26)19-10-8-17(3)9-11-19)27(34)35-15-20-12-25(33)31-18(4)6-5-7-24(31)29-20/h5-14,16H,15H2,1-4H3. The Labute approximate surface area is 201 Å². The number of carbonyl (C=O) groups is 1. The number of hydrogen-bond acceptors (Lipinski definition) is 6. The van der Waals surface area contributed by atoms with Gasteiger partial charge >= 0.3 is 5.97 Å². The van der Waals surface area contributed by atoms with Gasteiger partial charge in [0, 0.05) is 23.4 Å². The van der Waals surface area contributed by atoms with Crippen LogP contribution in [0.5, 0.6) is 0 Å². The molecule has 8 heteroatoms. The molecule has 0 unspecified atom stereocenters. The summed E-state index contributed by atoms with van der Waals surface area (Å²) >= 11 is 0. The highest BCUT2D eigenvalue weighted by Gasteiger charge is 2.20. The average molecular weight is 468 g/mol. The van der Waals surface area contributed by atoms with Crippen LogP contribution in [-0.4, -0.2) is 30.1 Å². The van der Waals surface area contributed by atoms with Crippen LogP contribution in [0.15, 0.2) is 65.6 Å². The third-order valence-electron chi connectivity index (χ3n) is 5.91. The number of carbonyl (C=O) groups excluding carboxylic acids is 1. The Morgan fingerprint density at radius 1 is 1.03 bits per heavy atom. The molecule has 0 fully saturated rings. The zero-order valence-electron chi connectivity index (χ0n) is 20.0. The molecule has 35 heavy (non-hydrogen) atoms. The first-order chi connectivity index (χ1) is 16.8. The molecule has 0 aliphatic heterocycles. The number of rotatable bonds is 5. The number of aryl methyl sites for hydroxylation is 2. The van der Waals surface area contributed by atoms with E-state index in [0.29, 0.717) is 33.6 Å². The molecule has 4 heterocycles. The molecular weight excluding hydrogens is 442 g/mol. The maximum atomic E-state index is 13.3. The van der Waals surface area contributed by atoms with Crippen molar-refractivity contribution < 1.29 is 9.53 Å². The Morgan fingerprint density at radius 3 is 2.54 bits per heavy atom. The van der Waals surface area contributed by atoms with Gasteiger partial charge in [-0.1, -0.05) is 35.9 Å². The SMILES string of the molecule is Cc1ccc(-c2cc(C(=O)OCc3cc(=O)n4c(C)cccc4n3)c3cnn(C(C)C)c3n2)cc1. The van der Waals surface area contributed by atoms with Crippen molar-refractivity contribution in [2.24, 2.45) is 0 Å². The summed E-state index contributed by atoms with van der Waals surface area (Å²) in [5.41, 5.74) is 5.13. The molecule has 0 radical (unpaired) electrons. The first-order valence-electron chi connectivity index (χ1n) is 11.4. The van der Waals surface area contributed by atoms with Gasteiger partial charge in [-0.2, -0.15) is 5.10 Å². The van der Waals surface area contributed by atoms with Crippen molar-refractivity contribution in [1.82, 2.24) is 24.1 Å². The lowest BCUT2D eigenvalue weighted by molar-refractivity contribution is 0.0470. The van der Waals surface area contributed by atoms with Gasteiger partial charge in [-0.05, 0) is 45.9 Å². The van der Waals surface area contributed by atoms with E-state index < -0.39 is 5.97 Å². The normalized spacial score (nSPS) is 11.5. The van der Waals surface area contributed by atoms with Gasteiger partial charge in [0.2, 0.25) is 0 Å². The molecule has 5 aromatic rings. The second-order valence-corrected chi connectivity index (χ2v) is 8.86. The van der Waals surface area contributed by atoms with Gasteiger partial charge in [0.15, 0.2) is 5.65 Å². The number of fused-ring (bicyclic) bond motifs is 2. The Kier molecular flexibility index (Phi) is 5.64. The molecule has 0 spiro atoms. The lowest BCUT2D eigenvalue weighted by Gasteiger charge is -2.11. The number of nitrogens with zero attached hydrogens (tertiary/aromatic N) is 5. The summed E-state index contributed by atoms with van der Waals surface area (Å²) in [6.45, 7) is 7.76. The molecule has 0 atom stereocenters. The van der Waals surface area contributed by atoms with E-state index in [4.69, 9.17) is 9.72 Å². The van der Waals surface area contributed by atoms with E-state index in [0.717, 1.165) is 16.8 Å². The molecule has 0 aliphatic rings. The van der Waals surface area contributed by atoms with Crippen molar-refractivity contribution in [2.45, 2.75) is 40.3 Å². The zero-order chi connectivity index (χ0) is 24.7. The monoisotopic (exact) mass is 467 g/mol. The van der Waals surface area contributed by atoms with E-state index in [9.17, 15) is 9.59 Å². The fourth-order valence-corrected chi connectivity index (χ4v) is 4.09. The molecule has 1 aromatic carbocycles. The van der Waals surface area contributed by atoms with Gasteiger partial charge in [0.1, 0.15) is 12.3 Å². The molecule has 4 aromatic heterocycles. The number of pyridine rings is 2. The predicted octanol–water partition coefficient (Wildman–Crippen LogP) is 4.66. The summed E-state index contributed by atoms with van der Waals surface area (Å²) in [5, 5.41) is 5.06. The van der Waals surface area contributed by atoms with Gasteiger partial charge < -0.3 is 4.74 Å². The Hall–Kier alpha value is -4.33. The maximum absolute atomic E-state index is 13.3. The van der Waals surface area contributed by atoms with E-state index in [1.165, 1.54) is 10.5 Å². The van der Waals surface area contributed by atoms with Crippen molar-refractivity contribution >= 4 is 22.6 Å². The lowest BCUT2D eigenvalue weighted by Crippen LogP contribution is -2.18. The number of benzene rings is 1. The minimum absolute atomic E-state index is 0.0652. The summed E-state index contributed by atoms with van der Waals surface area (Å²) in [6.07, 6.45) is 1.64. The summed E-state index contributed by atoms with van der Waals surface area (Å²) in [6, 6.07) is 16.6. The average Bonchev–Trinajstić information content (AvgIpc) is 3.27. The number of esters is 1. The first-order valence-corrected chi connectivity index (χ1v) is 11.4. The minimum atomic E-state index is -0.527. The van der Waals surface area contributed by atoms with Gasteiger partial charge in [-0.3, -0.25) is 9.20 Å². The summed E-state index contributed by atoms with van der Waals surface area (Å²) in [4.78, 5) is 35.1. The van der Waals surface area contributed by atoms with Crippen molar-refractivity contribution in [1.29, 1.82) is 0 Å². The van der Waals surface area contributed by atoms with Crippen LogP contribution in [0, 0.1) is 13.8 Å². The summed E-state index contributed by atoms with van der Waals surface area (Å²) in [7, 11) is 0. The van der Waals surface area contributed by atoms with Crippen LogP contribution in [0.4, 0.5) is 0 Å². The van der Waals surface area contributed by atoms with Crippen molar-refractivity contribution in [3.63, 3.8) is 0 Å². The molecule has 176 valence electrons. The van der Waals surface area contributed by atoms with E-state index in [1.807, 2.05) is 64.1 Å². The smallest absolute Gasteiger partial charge is 0.339 e. The summed E-state index contributed by atoms with van der Waals surface area (Å²) in [5.74, 6) is -0.527. The lowest BCUT2D eigenvalue weighted by atomic mass is 10.1. The molecule has 0 saturated carbocycles. The fraction of sp³-hybridized carbons (Fsp3) is 0.222. The van der Waals surface area contributed by atoms with E-state index in [2.05, 4.69) is 10.1 Å². The van der Waals surface area contributed by atoms with Gasteiger partial charge in [0.25, 0.3) is 5.56 Å². The van der Waals surface area contributed by atoms with E-state index in [1.54, 1.807) is 23.0 Å². The van der Waals surface area contributed by atoms with Crippen molar-refractivity contribution in [3.8, 4) is 11.3 Å². The van der Waals surface area contributed by atoms with Crippen LogP contribution >= 0.6 is 0 Å². The van der Waals surface area contributed by atoms with Crippen molar-refractivity contribution in [2.75, 3.05) is 0 Å². The van der Waals surface area contributed by atoms with Crippen LogP contribution in [-0.2, 0) is 11.3 Å². The van der Waals surface area contributed by atoms with Crippen LogP contribution in [0.2, 0.25) is 0 Å². The Bertz CT molecular complexity index is 1630. The third-order valence-corrected chi connectivity index (χ3v) is 5.91. The molecule has 8 nitrogen and oxygen atoms in total. The molecular formula is C27H25N5O3. The quantitative estimate of drug-likeness (QED) is 0.349. The molecule has 0 aliphatic carbocycles. The van der Waals surface area contributed by atoms with Gasteiger partial charge in [0.05, 0.1) is 28.5 Å². The highest BCUT2D eigenvalue weighted by molar-refractivity contribution is 6.03. The van der Waals surface area contributed by atoms with E-state index in [-0.39, 0.29) is 18.2 Å². The Morgan fingerprint density at radius 2 is 1.80 bits per heavy atom. The first kappa shape index (κ1) is 22.5. The van der Waals surface area contributed by atoms with Crippen LogP contribution < -0.4 is 5.56 Å². The molecule has 5 rings (SSSR count). The largest absolute Gasteiger partial charge is 0.456 e. The zero-order valence-corrected chi connectivity index (χ0v) is 20.0. The highest BCUT2D eigenvalue weighted by Crippen LogP contribution is 2.27. The number of ether oxygens (including phenoxy) is 1. The minimum Gasteiger partial charge on any atom is -0.456 e. The van der Waals surface area contributed by atoms with Crippen LogP contribution in [0.25, 0.3) is 27.9 Å². The second kappa shape index (κ2) is 8.79. The molecule has 0 bridgehead atoms. The molecule has 0 amide bonds. The second-order valence-electron chi connectivity index (χ2n) is 8.86. The number of aromatic nitrogens is 5. The van der Waals surface area contributed by atoms with E-state index >= 15 is 0 Å². The highest BCUT2D eigenvalue weighted by atomic mass is 16.5. The Balaban J connectivity index is 1.52. The predicted molar refractivity (Wildman–Crippen MR) is 133 cm³/mol.